The normalized spacial score (nSPS) is 20.8. The Hall–Kier alpha value is -1.40. The van der Waals surface area contributed by atoms with E-state index in [1.807, 2.05) is 0 Å². The Morgan fingerprint density at radius 3 is 2.95 bits per heavy atom. The molecule has 1 aromatic heterocycles. The molecule has 2 aliphatic rings. The van der Waals surface area contributed by atoms with Crippen molar-refractivity contribution >= 4 is 11.7 Å². The zero-order valence-electron chi connectivity index (χ0n) is 12.7. The van der Waals surface area contributed by atoms with E-state index < -0.39 is 0 Å². The summed E-state index contributed by atoms with van der Waals surface area (Å²) in [6.07, 6.45) is 5.97. The van der Waals surface area contributed by atoms with E-state index in [0.29, 0.717) is 13.2 Å². The van der Waals surface area contributed by atoms with E-state index in [2.05, 4.69) is 26.7 Å². The summed E-state index contributed by atoms with van der Waals surface area (Å²) >= 11 is 0. The standard InChI is InChI=1S/C15H24N4O2/c1-2-12(18-7-9-21-10-8-18)15(20)17-14-11-16-13-5-3-4-6-19(13)14/h11-12H,2-10H2,1H3,(H,17,20)/t12-/m0/s1. The Morgan fingerprint density at radius 1 is 1.38 bits per heavy atom. The quantitative estimate of drug-likeness (QED) is 0.908. The highest BCUT2D eigenvalue weighted by Gasteiger charge is 2.27. The summed E-state index contributed by atoms with van der Waals surface area (Å²) in [5.41, 5.74) is 0. The number of fused-ring (bicyclic) bond motifs is 1. The SMILES string of the molecule is CC[C@@H](C(=O)Nc1cnc2n1CCCC2)N1CCOCC1. The van der Waals surface area contributed by atoms with Crippen molar-refractivity contribution in [3.8, 4) is 0 Å². The van der Waals surface area contributed by atoms with Crippen LogP contribution in [0.5, 0.6) is 0 Å². The van der Waals surface area contributed by atoms with Crippen molar-refractivity contribution < 1.29 is 9.53 Å². The number of nitrogens with zero attached hydrogens (tertiary/aromatic N) is 3. The second-order valence-corrected chi connectivity index (χ2v) is 5.73. The molecule has 2 aliphatic heterocycles. The summed E-state index contributed by atoms with van der Waals surface area (Å²) in [5.74, 6) is 2.02. The minimum atomic E-state index is -0.0800. The maximum absolute atomic E-state index is 12.6. The van der Waals surface area contributed by atoms with Crippen LogP contribution in [0.4, 0.5) is 5.82 Å². The second kappa shape index (κ2) is 6.58. The zero-order valence-corrected chi connectivity index (χ0v) is 12.7. The van der Waals surface area contributed by atoms with Gasteiger partial charge in [-0.2, -0.15) is 0 Å². The molecule has 1 fully saturated rings. The van der Waals surface area contributed by atoms with Crippen LogP contribution in [0, 0.1) is 0 Å². The summed E-state index contributed by atoms with van der Waals surface area (Å²) in [6.45, 7) is 6.11. The summed E-state index contributed by atoms with van der Waals surface area (Å²) in [4.78, 5) is 19.2. The highest BCUT2D eigenvalue weighted by atomic mass is 16.5. The second-order valence-electron chi connectivity index (χ2n) is 5.73. The van der Waals surface area contributed by atoms with Crippen LogP contribution in [0.2, 0.25) is 0 Å². The highest BCUT2D eigenvalue weighted by Crippen LogP contribution is 2.20. The Labute approximate surface area is 125 Å². The molecule has 0 bridgehead atoms. The minimum Gasteiger partial charge on any atom is -0.379 e. The van der Waals surface area contributed by atoms with Crippen molar-refractivity contribution in [3.63, 3.8) is 0 Å². The molecule has 0 aromatic carbocycles. The maximum Gasteiger partial charge on any atom is 0.242 e. The summed E-state index contributed by atoms with van der Waals surface area (Å²) in [7, 11) is 0. The fourth-order valence-corrected chi connectivity index (χ4v) is 3.22. The average molecular weight is 292 g/mol. The molecule has 1 amide bonds. The van der Waals surface area contributed by atoms with E-state index in [1.165, 1.54) is 6.42 Å². The van der Waals surface area contributed by atoms with Gasteiger partial charge in [0.2, 0.25) is 5.91 Å². The summed E-state index contributed by atoms with van der Waals surface area (Å²) in [6, 6.07) is -0.0800. The zero-order chi connectivity index (χ0) is 14.7. The molecule has 6 nitrogen and oxygen atoms in total. The van der Waals surface area contributed by atoms with E-state index in [9.17, 15) is 4.79 Å². The first kappa shape index (κ1) is 14.5. The molecule has 0 radical (unpaired) electrons. The molecule has 1 atom stereocenters. The van der Waals surface area contributed by atoms with Gasteiger partial charge in [-0.1, -0.05) is 6.92 Å². The first-order valence-electron chi connectivity index (χ1n) is 7.96. The minimum absolute atomic E-state index is 0.0765. The Bertz CT molecular complexity index is 494. The number of hydrogen-bond donors (Lipinski definition) is 1. The van der Waals surface area contributed by atoms with Gasteiger partial charge in [-0.3, -0.25) is 9.69 Å². The van der Waals surface area contributed by atoms with Crippen LogP contribution in [0.25, 0.3) is 0 Å². The number of imidazole rings is 1. The smallest absolute Gasteiger partial charge is 0.242 e. The van der Waals surface area contributed by atoms with Gasteiger partial charge >= 0.3 is 0 Å². The van der Waals surface area contributed by atoms with Crippen molar-refractivity contribution in [2.45, 2.75) is 45.2 Å². The molecule has 3 heterocycles. The number of amides is 1. The molecule has 21 heavy (non-hydrogen) atoms. The van der Waals surface area contributed by atoms with Gasteiger partial charge in [0.15, 0.2) is 0 Å². The maximum atomic E-state index is 12.6. The number of aromatic nitrogens is 2. The predicted octanol–water partition coefficient (Wildman–Crippen LogP) is 1.27. The lowest BCUT2D eigenvalue weighted by molar-refractivity contribution is -0.123. The van der Waals surface area contributed by atoms with Crippen LogP contribution in [0.1, 0.15) is 32.0 Å². The van der Waals surface area contributed by atoms with Crippen LogP contribution < -0.4 is 5.32 Å². The third-order valence-electron chi connectivity index (χ3n) is 4.40. The van der Waals surface area contributed by atoms with Gasteiger partial charge in [0.1, 0.15) is 11.6 Å². The van der Waals surface area contributed by atoms with E-state index in [0.717, 1.165) is 50.5 Å². The van der Waals surface area contributed by atoms with Crippen molar-refractivity contribution in [3.05, 3.63) is 12.0 Å². The largest absolute Gasteiger partial charge is 0.379 e. The number of nitrogens with one attached hydrogen (secondary N) is 1. The molecule has 0 unspecified atom stereocenters. The van der Waals surface area contributed by atoms with Gasteiger partial charge in [-0.15, -0.1) is 0 Å². The number of aryl methyl sites for hydroxylation is 1. The van der Waals surface area contributed by atoms with E-state index >= 15 is 0 Å². The number of ether oxygens (including phenoxy) is 1. The molecule has 6 heteroatoms. The average Bonchev–Trinajstić information content (AvgIpc) is 2.92. The van der Waals surface area contributed by atoms with Crippen molar-refractivity contribution in [2.24, 2.45) is 0 Å². The van der Waals surface area contributed by atoms with Crippen LogP contribution in [-0.4, -0.2) is 52.7 Å². The van der Waals surface area contributed by atoms with Crippen LogP contribution in [0.15, 0.2) is 6.20 Å². The lowest BCUT2D eigenvalue weighted by atomic mass is 10.1. The van der Waals surface area contributed by atoms with Crippen molar-refractivity contribution in [1.82, 2.24) is 14.5 Å². The molecule has 0 aliphatic carbocycles. The Balaban J connectivity index is 1.68. The number of rotatable bonds is 4. The van der Waals surface area contributed by atoms with Gasteiger partial charge < -0.3 is 14.6 Å². The molecule has 116 valence electrons. The fourth-order valence-electron chi connectivity index (χ4n) is 3.22. The number of anilines is 1. The molecular formula is C15H24N4O2. The highest BCUT2D eigenvalue weighted by molar-refractivity contribution is 5.94. The summed E-state index contributed by atoms with van der Waals surface area (Å²) in [5, 5.41) is 3.08. The third-order valence-corrected chi connectivity index (χ3v) is 4.40. The van der Waals surface area contributed by atoms with Gasteiger partial charge in [-0.05, 0) is 19.3 Å². The molecule has 0 saturated carbocycles. The topological polar surface area (TPSA) is 59.4 Å². The molecule has 1 N–H and O–H groups in total. The third kappa shape index (κ3) is 3.11. The van der Waals surface area contributed by atoms with Crippen molar-refractivity contribution in [2.75, 3.05) is 31.6 Å². The van der Waals surface area contributed by atoms with E-state index in [1.54, 1.807) is 6.20 Å². The molecular weight excluding hydrogens is 268 g/mol. The Morgan fingerprint density at radius 2 is 2.19 bits per heavy atom. The van der Waals surface area contributed by atoms with Crippen LogP contribution in [0.3, 0.4) is 0 Å². The van der Waals surface area contributed by atoms with Crippen LogP contribution in [-0.2, 0) is 22.5 Å². The lowest BCUT2D eigenvalue weighted by Gasteiger charge is -2.33. The van der Waals surface area contributed by atoms with Gasteiger partial charge in [-0.25, -0.2) is 4.98 Å². The van der Waals surface area contributed by atoms with Crippen molar-refractivity contribution in [1.29, 1.82) is 0 Å². The molecule has 3 rings (SSSR count). The van der Waals surface area contributed by atoms with Gasteiger partial charge in [0.05, 0.1) is 25.5 Å². The first-order valence-corrected chi connectivity index (χ1v) is 7.96. The summed E-state index contributed by atoms with van der Waals surface area (Å²) < 4.78 is 7.51. The Kier molecular flexibility index (Phi) is 4.55. The molecule has 1 saturated heterocycles. The first-order chi connectivity index (χ1) is 10.3. The predicted molar refractivity (Wildman–Crippen MR) is 80.3 cm³/mol. The van der Waals surface area contributed by atoms with Crippen LogP contribution >= 0.6 is 0 Å². The lowest BCUT2D eigenvalue weighted by Crippen LogP contribution is -2.49. The number of hydrogen-bond acceptors (Lipinski definition) is 4. The van der Waals surface area contributed by atoms with E-state index in [-0.39, 0.29) is 11.9 Å². The molecule has 1 aromatic rings. The van der Waals surface area contributed by atoms with Gasteiger partial charge in [0, 0.05) is 26.1 Å². The number of carbonyl (C=O) groups excluding carboxylic acids is 1. The number of morpholine rings is 1. The fraction of sp³-hybridized carbons (Fsp3) is 0.733. The van der Waals surface area contributed by atoms with E-state index in [4.69, 9.17) is 4.74 Å². The number of carbonyl (C=O) groups is 1. The van der Waals surface area contributed by atoms with Gasteiger partial charge in [0.25, 0.3) is 0 Å². The monoisotopic (exact) mass is 292 g/mol. The molecule has 0 spiro atoms.